The average Bonchev–Trinajstić information content (AvgIpc) is 2.63. The third kappa shape index (κ3) is 4.77. The molecule has 0 spiro atoms. The number of aromatic nitrogens is 1. The normalized spacial score (nSPS) is 21.2. The van der Waals surface area contributed by atoms with Crippen LogP contribution in [-0.4, -0.2) is 41.5 Å². The van der Waals surface area contributed by atoms with E-state index in [1.165, 1.54) is 37.7 Å². The van der Waals surface area contributed by atoms with Crippen molar-refractivity contribution in [1.29, 1.82) is 0 Å². The van der Waals surface area contributed by atoms with E-state index in [4.69, 9.17) is 0 Å². The van der Waals surface area contributed by atoms with Crippen LogP contribution < -0.4 is 5.32 Å². The first-order chi connectivity index (χ1) is 11.3. The van der Waals surface area contributed by atoms with Crippen molar-refractivity contribution < 1.29 is 4.79 Å². The largest absolute Gasteiger partial charge is 0.356 e. The fourth-order valence-corrected chi connectivity index (χ4v) is 4.00. The fourth-order valence-electron chi connectivity index (χ4n) is 4.00. The summed E-state index contributed by atoms with van der Waals surface area (Å²) in [5, 5.41) is 3.12. The molecule has 4 nitrogen and oxygen atoms in total. The molecule has 1 saturated carbocycles. The number of rotatable bonds is 5. The Morgan fingerprint density at radius 3 is 2.48 bits per heavy atom. The van der Waals surface area contributed by atoms with Gasteiger partial charge in [0.1, 0.15) is 0 Å². The van der Waals surface area contributed by atoms with Crippen LogP contribution in [0.2, 0.25) is 0 Å². The molecule has 126 valence electrons. The maximum absolute atomic E-state index is 12.3. The minimum Gasteiger partial charge on any atom is -0.356 e. The third-order valence-electron chi connectivity index (χ3n) is 5.45. The van der Waals surface area contributed by atoms with Gasteiger partial charge in [-0.05, 0) is 62.9 Å². The van der Waals surface area contributed by atoms with Crippen LogP contribution in [0.15, 0.2) is 24.5 Å². The molecule has 4 heteroatoms. The highest BCUT2D eigenvalue weighted by molar-refractivity contribution is 5.78. The Hall–Kier alpha value is -1.42. The van der Waals surface area contributed by atoms with Crippen LogP contribution in [0, 0.1) is 5.92 Å². The molecule has 2 fully saturated rings. The number of pyridine rings is 1. The summed E-state index contributed by atoms with van der Waals surface area (Å²) in [6.45, 7) is 2.94. The highest BCUT2D eigenvalue weighted by atomic mass is 16.1. The number of hydrogen-bond donors (Lipinski definition) is 1. The van der Waals surface area contributed by atoms with Crippen molar-refractivity contribution >= 4 is 5.91 Å². The van der Waals surface area contributed by atoms with E-state index >= 15 is 0 Å². The molecule has 3 rings (SSSR count). The van der Waals surface area contributed by atoms with Gasteiger partial charge in [0.15, 0.2) is 0 Å². The third-order valence-corrected chi connectivity index (χ3v) is 5.45. The standard InChI is InChI=1S/C19H29N3O/c23-19(21-13-8-16-6-11-20-12-7-16)17-9-14-22(15-10-17)18-4-2-1-3-5-18/h6-7,11-12,17-18H,1-5,8-10,13-15H2,(H,21,23). The molecule has 1 N–H and O–H groups in total. The molecule has 1 aromatic heterocycles. The predicted molar refractivity (Wildman–Crippen MR) is 92.1 cm³/mol. The molecule has 23 heavy (non-hydrogen) atoms. The van der Waals surface area contributed by atoms with E-state index in [2.05, 4.69) is 15.2 Å². The predicted octanol–water partition coefficient (Wildman–Crippen LogP) is 2.79. The van der Waals surface area contributed by atoms with Crippen molar-refractivity contribution in [2.75, 3.05) is 19.6 Å². The number of carbonyl (C=O) groups is 1. The van der Waals surface area contributed by atoms with Crippen LogP contribution in [0.1, 0.15) is 50.5 Å². The highest BCUT2D eigenvalue weighted by Crippen LogP contribution is 2.27. The molecular weight excluding hydrogens is 286 g/mol. The fraction of sp³-hybridized carbons (Fsp3) is 0.684. The summed E-state index contributed by atoms with van der Waals surface area (Å²) in [5.41, 5.74) is 1.23. The molecule has 0 unspecified atom stereocenters. The van der Waals surface area contributed by atoms with Crippen LogP contribution in [0.4, 0.5) is 0 Å². The van der Waals surface area contributed by atoms with E-state index in [1.54, 1.807) is 12.4 Å². The minimum absolute atomic E-state index is 0.215. The first kappa shape index (κ1) is 16.4. The number of carbonyl (C=O) groups excluding carboxylic acids is 1. The topological polar surface area (TPSA) is 45.2 Å². The summed E-state index contributed by atoms with van der Waals surface area (Å²) >= 11 is 0. The lowest BCUT2D eigenvalue weighted by atomic mass is 9.90. The lowest BCUT2D eigenvalue weighted by molar-refractivity contribution is -0.126. The number of amides is 1. The summed E-state index contributed by atoms with van der Waals surface area (Å²) in [7, 11) is 0. The van der Waals surface area contributed by atoms with Gasteiger partial charge in [-0.25, -0.2) is 0 Å². The highest BCUT2D eigenvalue weighted by Gasteiger charge is 2.29. The van der Waals surface area contributed by atoms with Gasteiger partial charge in [0, 0.05) is 30.9 Å². The molecule has 0 radical (unpaired) electrons. The smallest absolute Gasteiger partial charge is 0.223 e. The zero-order chi connectivity index (χ0) is 15.9. The minimum atomic E-state index is 0.215. The number of nitrogens with one attached hydrogen (secondary N) is 1. The quantitative estimate of drug-likeness (QED) is 0.909. The average molecular weight is 315 g/mol. The Morgan fingerprint density at radius 1 is 1.09 bits per heavy atom. The SMILES string of the molecule is O=C(NCCc1ccncc1)C1CCN(C2CCCCC2)CC1. The summed E-state index contributed by atoms with van der Waals surface area (Å²) < 4.78 is 0. The van der Waals surface area contributed by atoms with Gasteiger partial charge in [-0.3, -0.25) is 9.78 Å². The summed E-state index contributed by atoms with van der Waals surface area (Å²) in [6.07, 6.45) is 13.5. The van der Waals surface area contributed by atoms with Crippen molar-refractivity contribution in [1.82, 2.24) is 15.2 Å². The van der Waals surface area contributed by atoms with Crippen molar-refractivity contribution in [3.05, 3.63) is 30.1 Å². The monoisotopic (exact) mass is 315 g/mol. The van der Waals surface area contributed by atoms with E-state index in [-0.39, 0.29) is 11.8 Å². The first-order valence-electron chi connectivity index (χ1n) is 9.23. The lowest BCUT2D eigenvalue weighted by Gasteiger charge is -2.38. The number of nitrogens with zero attached hydrogens (tertiary/aromatic N) is 2. The van der Waals surface area contributed by atoms with Gasteiger partial charge < -0.3 is 10.2 Å². The molecule has 1 aliphatic heterocycles. The second kappa shape index (κ2) is 8.44. The second-order valence-electron chi connectivity index (χ2n) is 7.00. The molecule has 2 heterocycles. The van der Waals surface area contributed by atoms with E-state index in [0.717, 1.165) is 44.9 Å². The Labute approximate surface area is 139 Å². The summed E-state index contributed by atoms with van der Waals surface area (Å²) in [4.78, 5) is 19.0. The Morgan fingerprint density at radius 2 is 1.78 bits per heavy atom. The van der Waals surface area contributed by atoms with Crippen molar-refractivity contribution in [3.8, 4) is 0 Å². The van der Waals surface area contributed by atoms with E-state index in [9.17, 15) is 4.79 Å². The van der Waals surface area contributed by atoms with E-state index in [0.29, 0.717) is 0 Å². The molecule has 1 saturated heterocycles. The zero-order valence-electron chi connectivity index (χ0n) is 14.0. The Balaban J connectivity index is 1.36. The van der Waals surface area contributed by atoms with Gasteiger partial charge in [-0.1, -0.05) is 19.3 Å². The van der Waals surface area contributed by atoms with Crippen molar-refractivity contribution in [3.63, 3.8) is 0 Å². The van der Waals surface area contributed by atoms with E-state index in [1.807, 2.05) is 12.1 Å². The molecule has 1 amide bonds. The van der Waals surface area contributed by atoms with Crippen LogP contribution in [-0.2, 0) is 11.2 Å². The molecule has 1 aromatic rings. The van der Waals surface area contributed by atoms with Crippen LogP contribution >= 0.6 is 0 Å². The maximum Gasteiger partial charge on any atom is 0.223 e. The maximum atomic E-state index is 12.3. The summed E-state index contributed by atoms with van der Waals surface area (Å²) in [6, 6.07) is 4.81. The summed E-state index contributed by atoms with van der Waals surface area (Å²) in [5.74, 6) is 0.467. The number of hydrogen-bond acceptors (Lipinski definition) is 3. The molecule has 1 aliphatic carbocycles. The zero-order valence-corrected chi connectivity index (χ0v) is 14.0. The first-order valence-corrected chi connectivity index (χ1v) is 9.23. The van der Waals surface area contributed by atoms with E-state index < -0.39 is 0 Å². The van der Waals surface area contributed by atoms with Crippen LogP contribution in [0.25, 0.3) is 0 Å². The van der Waals surface area contributed by atoms with Gasteiger partial charge in [0.25, 0.3) is 0 Å². The molecule has 0 bridgehead atoms. The molecule has 2 aliphatic rings. The van der Waals surface area contributed by atoms with Gasteiger partial charge in [-0.15, -0.1) is 0 Å². The second-order valence-corrected chi connectivity index (χ2v) is 7.00. The van der Waals surface area contributed by atoms with Crippen LogP contribution in [0.5, 0.6) is 0 Å². The molecule has 0 aromatic carbocycles. The van der Waals surface area contributed by atoms with Gasteiger partial charge in [0.05, 0.1) is 0 Å². The number of piperidine rings is 1. The van der Waals surface area contributed by atoms with Gasteiger partial charge in [0.2, 0.25) is 5.91 Å². The van der Waals surface area contributed by atoms with Crippen molar-refractivity contribution in [2.24, 2.45) is 5.92 Å². The Kier molecular flexibility index (Phi) is 6.03. The van der Waals surface area contributed by atoms with Crippen LogP contribution in [0.3, 0.4) is 0 Å². The molecular formula is C19H29N3O. The number of likely N-dealkylation sites (tertiary alicyclic amines) is 1. The molecule has 0 atom stereocenters. The lowest BCUT2D eigenvalue weighted by Crippen LogP contribution is -2.45. The van der Waals surface area contributed by atoms with Gasteiger partial charge >= 0.3 is 0 Å². The van der Waals surface area contributed by atoms with Gasteiger partial charge in [-0.2, -0.15) is 0 Å². The van der Waals surface area contributed by atoms with Crippen molar-refractivity contribution in [2.45, 2.75) is 57.4 Å². The Bertz CT molecular complexity index is 477.